The standard InChI is InChI=1S/C14H22ClNO/c1-4-6-7-11(5-2)16-14-10-12(17-3)8-9-13(14)15/h8-11,16H,4-7H2,1-3H3. The molecule has 17 heavy (non-hydrogen) atoms. The number of rotatable bonds is 7. The van der Waals surface area contributed by atoms with Crippen LogP contribution in [0.5, 0.6) is 5.75 Å². The van der Waals surface area contributed by atoms with E-state index in [0.29, 0.717) is 6.04 Å². The van der Waals surface area contributed by atoms with Gasteiger partial charge in [-0.05, 0) is 25.0 Å². The van der Waals surface area contributed by atoms with E-state index in [4.69, 9.17) is 16.3 Å². The van der Waals surface area contributed by atoms with E-state index < -0.39 is 0 Å². The van der Waals surface area contributed by atoms with Crippen molar-refractivity contribution in [3.8, 4) is 5.75 Å². The molecule has 1 aromatic carbocycles. The van der Waals surface area contributed by atoms with Crippen LogP contribution in [0.25, 0.3) is 0 Å². The van der Waals surface area contributed by atoms with Crippen molar-refractivity contribution in [2.24, 2.45) is 0 Å². The molecule has 0 bridgehead atoms. The van der Waals surface area contributed by atoms with E-state index in [0.717, 1.165) is 22.9 Å². The van der Waals surface area contributed by atoms with Crippen LogP contribution in [0.2, 0.25) is 5.02 Å². The summed E-state index contributed by atoms with van der Waals surface area (Å²) in [5.74, 6) is 0.835. The quantitative estimate of drug-likeness (QED) is 0.761. The summed E-state index contributed by atoms with van der Waals surface area (Å²) in [5, 5.41) is 4.25. The van der Waals surface area contributed by atoms with Crippen molar-refractivity contribution in [2.75, 3.05) is 12.4 Å². The van der Waals surface area contributed by atoms with Gasteiger partial charge in [0, 0.05) is 12.1 Å². The molecule has 2 nitrogen and oxygen atoms in total. The molecule has 96 valence electrons. The van der Waals surface area contributed by atoms with Crippen molar-refractivity contribution in [1.82, 2.24) is 0 Å². The van der Waals surface area contributed by atoms with Crippen LogP contribution in [0, 0.1) is 0 Å². The van der Waals surface area contributed by atoms with Gasteiger partial charge in [0.25, 0.3) is 0 Å². The van der Waals surface area contributed by atoms with E-state index in [1.807, 2.05) is 18.2 Å². The number of unbranched alkanes of at least 4 members (excludes halogenated alkanes) is 1. The summed E-state index contributed by atoms with van der Waals surface area (Å²) in [5.41, 5.74) is 0.967. The maximum atomic E-state index is 6.17. The van der Waals surface area contributed by atoms with Crippen molar-refractivity contribution >= 4 is 17.3 Å². The Morgan fingerprint density at radius 2 is 2.12 bits per heavy atom. The predicted octanol–water partition coefficient (Wildman–Crippen LogP) is 4.73. The van der Waals surface area contributed by atoms with Gasteiger partial charge in [0.2, 0.25) is 0 Å². The molecular weight excluding hydrogens is 234 g/mol. The lowest BCUT2D eigenvalue weighted by molar-refractivity contribution is 0.415. The summed E-state index contributed by atoms with van der Waals surface area (Å²) in [4.78, 5) is 0. The van der Waals surface area contributed by atoms with Crippen molar-refractivity contribution in [1.29, 1.82) is 0 Å². The minimum absolute atomic E-state index is 0.486. The summed E-state index contributed by atoms with van der Waals surface area (Å²) >= 11 is 6.17. The largest absolute Gasteiger partial charge is 0.497 e. The van der Waals surface area contributed by atoms with E-state index >= 15 is 0 Å². The molecule has 1 unspecified atom stereocenters. The Morgan fingerprint density at radius 3 is 2.71 bits per heavy atom. The van der Waals surface area contributed by atoms with Crippen LogP contribution in [0.15, 0.2) is 18.2 Å². The zero-order valence-corrected chi connectivity index (χ0v) is 11.7. The maximum absolute atomic E-state index is 6.17. The zero-order chi connectivity index (χ0) is 12.7. The van der Waals surface area contributed by atoms with E-state index in [-0.39, 0.29) is 0 Å². The van der Waals surface area contributed by atoms with Gasteiger partial charge in [0.15, 0.2) is 0 Å². The van der Waals surface area contributed by atoms with Gasteiger partial charge in [-0.1, -0.05) is 38.3 Å². The smallest absolute Gasteiger partial charge is 0.121 e. The highest BCUT2D eigenvalue weighted by Crippen LogP contribution is 2.28. The van der Waals surface area contributed by atoms with Crippen LogP contribution in [-0.4, -0.2) is 13.2 Å². The first-order valence-corrected chi connectivity index (χ1v) is 6.69. The molecular formula is C14H22ClNO. The Bertz CT molecular complexity index is 341. The molecule has 0 aromatic heterocycles. The highest BCUT2D eigenvalue weighted by atomic mass is 35.5. The predicted molar refractivity (Wildman–Crippen MR) is 75.2 cm³/mol. The fourth-order valence-electron chi connectivity index (χ4n) is 1.79. The minimum Gasteiger partial charge on any atom is -0.497 e. The lowest BCUT2D eigenvalue weighted by Gasteiger charge is -2.19. The fraction of sp³-hybridized carbons (Fsp3) is 0.571. The third-order valence-corrected chi connectivity index (χ3v) is 3.26. The van der Waals surface area contributed by atoms with E-state index in [2.05, 4.69) is 19.2 Å². The molecule has 0 saturated carbocycles. The first-order chi connectivity index (χ1) is 8.21. The number of hydrogen-bond acceptors (Lipinski definition) is 2. The molecule has 0 aliphatic heterocycles. The summed E-state index contributed by atoms with van der Waals surface area (Å²) in [6, 6.07) is 6.19. The normalized spacial score (nSPS) is 12.2. The van der Waals surface area contributed by atoms with E-state index in [9.17, 15) is 0 Å². The van der Waals surface area contributed by atoms with Gasteiger partial charge in [-0.3, -0.25) is 0 Å². The molecule has 0 spiro atoms. The van der Waals surface area contributed by atoms with Gasteiger partial charge in [-0.2, -0.15) is 0 Å². The Morgan fingerprint density at radius 1 is 1.35 bits per heavy atom. The Labute approximate surface area is 109 Å². The van der Waals surface area contributed by atoms with E-state index in [1.54, 1.807) is 7.11 Å². The number of benzene rings is 1. The second-order valence-corrected chi connectivity index (χ2v) is 4.64. The minimum atomic E-state index is 0.486. The van der Waals surface area contributed by atoms with Gasteiger partial charge < -0.3 is 10.1 Å². The van der Waals surface area contributed by atoms with Gasteiger partial charge in [0.05, 0.1) is 17.8 Å². The number of nitrogens with one attached hydrogen (secondary N) is 1. The zero-order valence-electron chi connectivity index (χ0n) is 10.9. The van der Waals surface area contributed by atoms with Gasteiger partial charge >= 0.3 is 0 Å². The number of methoxy groups -OCH3 is 1. The third-order valence-electron chi connectivity index (χ3n) is 2.93. The van der Waals surface area contributed by atoms with Crippen molar-refractivity contribution in [3.05, 3.63) is 23.2 Å². The first-order valence-electron chi connectivity index (χ1n) is 6.31. The lowest BCUT2D eigenvalue weighted by Crippen LogP contribution is -2.18. The average molecular weight is 256 g/mol. The topological polar surface area (TPSA) is 21.3 Å². The molecule has 1 aromatic rings. The first kappa shape index (κ1) is 14.2. The van der Waals surface area contributed by atoms with Crippen LogP contribution >= 0.6 is 11.6 Å². The molecule has 0 radical (unpaired) electrons. The van der Waals surface area contributed by atoms with Crippen molar-refractivity contribution in [3.63, 3.8) is 0 Å². The highest BCUT2D eigenvalue weighted by Gasteiger charge is 2.08. The molecule has 0 aliphatic carbocycles. The molecule has 0 amide bonds. The van der Waals surface area contributed by atoms with Crippen molar-refractivity contribution < 1.29 is 4.74 Å². The summed E-state index contributed by atoms with van der Waals surface area (Å²) < 4.78 is 5.21. The van der Waals surface area contributed by atoms with Crippen LogP contribution in [0.4, 0.5) is 5.69 Å². The molecule has 0 saturated heterocycles. The summed E-state index contributed by atoms with van der Waals surface area (Å²) in [7, 11) is 1.67. The SMILES string of the molecule is CCCCC(CC)Nc1cc(OC)ccc1Cl. The molecule has 0 heterocycles. The molecule has 3 heteroatoms. The Hall–Kier alpha value is -0.890. The molecule has 1 rings (SSSR count). The Balaban J connectivity index is 2.70. The van der Waals surface area contributed by atoms with Gasteiger partial charge in [0.1, 0.15) is 5.75 Å². The van der Waals surface area contributed by atoms with Crippen LogP contribution in [-0.2, 0) is 0 Å². The fourth-order valence-corrected chi connectivity index (χ4v) is 1.96. The monoisotopic (exact) mass is 255 g/mol. The summed E-state index contributed by atoms with van der Waals surface area (Å²) in [6.45, 7) is 4.41. The molecule has 1 atom stereocenters. The molecule has 1 N–H and O–H groups in total. The number of ether oxygens (including phenoxy) is 1. The number of hydrogen-bond donors (Lipinski definition) is 1. The summed E-state index contributed by atoms with van der Waals surface area (Å²) in [6.07, 6.45) is 4.76. The van der Waals surface area contributed by atoms with Gasteiger partial charge in [-0.15, -0.1) is 0 Å². The van der Waals surface area contributed by atoms with Crippen molar-refractivity contribution in [2.45, 2.75) is 45.6 Å². The van der Waals surface area contributed by atoms with Crippen LogP contribution < -0.4 is 10.1 Å². The maximum Gasteiger partial charge on any atom is 0.121 e. The molecule has 0 aliphatic rings. The van der Waals surface area contributed by atoms with Crippen LogP contribution in [0.1, 0.15) is 39.5 Å². The second-order valence-electron chi connectivity index (χ2n) is 4.24. The number of halogens is 1. The lowest BCUT2D eigenvalue weighted by atomic mass is 10.1. The van der Waals surface area contributed by atoms with E-state index in [1.165, 1.54) is 19.3 Å². The van der Waals surface area contributed by atoms with Gasteiger partial charge in [-0.25, -0.2) is 0 Å². The molecule has 0 fully saturated rings. The highest BCUT2D eigenvalue weighted by molar-refractivity contribution is 6.33. The second kappa shape index (κ2) is 7.44. The Kier molecular flexibility index (Phi) is 6.20. The third kappa shape index (κ3) is 4.47. The van der Waals surface area contributed by atoms with Crippen LogP contribution in [0.3, 0.4) is 0 Å². The number of anilines is 1. The average Bonchev–Trinajstić information content (AvgIpc) is 2.36.